The molecule has 1 aromatic rings. The molecule has 1 N–H and O–H groups in total. The highest BCUT2D eigenvalue weighted by atomic mass is 16.1. The van der Waals surface area contributed by atoms with Crippen molar-refractivity contribution in [2.45, 2.75) is 6.92 Å². The summed E-state index contributed by atoms with van der Waals surface area (Å²) in [5, 5.41) is 5.64. The van der Waals surface area contributed by atoms with Gasteiger partial charge in [-0.1, -0.05) is 0 Å². The van der Waals surface area contributed by atoms with Crippen molar-refractivity contribution in [3.05, 3.63) is 22.4 Å². The minimum atomic E-state index is -0.398. The van der Waals surface area contributed by atoms with Crippen LogP contribution in [0, 0.1) is 6.92 Å². The lowest BCUT2D eigenvalue weighted by Gasteiger charge is -1.81. The van der Waals surface area contributed by atoms with Gasteiger partial charge < -0.3 is 0 Å². The Labute approximate surface area is 45.6 Å². The number of H-pyrrole nitrogens is 1. The fourth-order valence-corrected chi connectivity index (χ4v) is 0.395. The SMILES string of the molecule is Cc1cn[nH]c(=O)n1. The Balaban J connectivity index is 3.28. The molecule has 0 aliphatic rings. The van der Waals surface area contributed by atoms with Crippen molar-refractivity contribution in [1.82, 2.24) is 15.2 Å². The van der Waals surface area contributed by atoms with Gasteiger partial charge >= 0.3 is 5.69 Å². The maximum atomic E-state index is 10.3. The van der Waals surface area contributed by atoms with Crippen LogP contribution < -0.4 is 5.69 Å². The van der Waals surface area contributed by atoms with Gasteiger partial charge in [-0.2, -0.15) is 10.1 Å². The van der Waals surface area contributed by atoms with Crippen LogP contribution in [0.25, 0.3) is 0 Å². The highest BCUT2D eigenvalue weighted by molar-refractivity contribution is 4.84. The number of hydrogen-bond donors (Lipinski definition) is 1. The lowest BCUT2D eigenvalue weighted by atomic mass is 10.6. The molecule has 8 heavy (non-hydrogen) atoms. The Morgan fingerprint density at radius 1 is 1.75 bits per heavy atom. The summed E-state index contributed by atoms with van der Waals surface area (Å²) in [7, 11) is 0. The van der Waals surface area contributed by atoms with Gasteiger partial charge in [-0.15, -0.1) is 0 Å². The molecule has 1 aromatic heterocycles. The zero-order chi connectivity index (χ0) is 5.98. The van der Waals surface area contributed by atoms with Gasteiger partial charge in [0.2, 0.25) is 0 Å². The number of rotatable bonds is 0. The molecule has 0 bridgehead atoms. The Bertz CT molecular complexity index is 229. The first-order valence-corrected chi connectivity index (χ1v) is 2.17. The predicted octanol–water partition coefficient (Wildman–Crippen LogP) is -0.527. The standard InChI is InChI=1S/C4H5N3O/c1-3-2-5-7-4(8)6-3/h2H,1H3,(H,6,7,8). The molecule has 0 saturated heterocycles. The second-order valence-electron chi connectivity index (χ2n) is 1.43. The third-order valence-electron chi connectivity index (χ3n) is 0.689. The smallest absolute Gasteiger partial charge is 0.244 e. The Kier molecular flexibility index (Phi) is 1.07. The van der Waals surface area contributed by atoms with Gasteiger partial charge in [0.05, 0.1) is 11.9 Å². The van der Waals surface area contributed by atoms with Crippen molar-refractivity contribution in [2.75, 3.05) is 0 Å². The van der Waals surface area contributed by atoms with Gasteiger partial charge in [0.1, 0.15) is 0 Å². The molecule has 0 radical (unpaired) electrons. The summed E-state index contributed by atoms with van der Waals surface area (Å²) in [5.41, 5.74) is 0.235. The first kappa shape index (κ1) is 4.96. The van der Waals surface area contributed by atoms with Crippen LogP contribution in [-0.2, 0) is 0 Å². The van der Waals surface area contributed by atoms with E-state index in [1.165, 1.54) is 6.20 Å². The van der Waals surface area contributed by atoms with Gasteiger partial charge in [-0.3, -0.25) is 0 Å². The molecule has 4 heteroatoms. The van der Waals surface area contributed by atoms with E-state index in [-0.39, 0.29) is 0 Å². The molecule has 1 heterocycles. The average molecular weight is 111 g/mol. The van der Waals surface area contributed by atoms with E-state index in [2.05, 4.69) is 15.2 Å². The van der Waals surface area contributed by atoms with E-state index in [4.69, 9.17) is 0 Å². The van der Waals surface area contributed by atoms with Gasteiger partial charge in [0.25, 0.3) is 0 Å². The van der Waals surface area contributed by atoms with Crippen LogP contribution in [0.5, 0.6) is 0 Å². The van der Waals surface area contributed by atoms with E-state index >= 15 is 0 Å². The first-order valence-electron chi connectivity index (χ1n) is 2.17. The molecule has 0 atom stereocenters. The summed E-state index contributed by atoms with van der Waals surface area (Å²) < 4.78 is 0. The van der Waals surface area contributed by atoms with Crippen LogP contribution in [0.4, 0.5) is 0 Å². The maximum absolute atomic E-state index is 10.3. The van der Waals surface area contributed by atoms with Crippen LogP contribution in [0.1, 0.15) is 5.69 Å². The summed E-state index contributed by atoms with van der Waals surface area (Å²) in [6.45, 7) is 1.71. The fourth-order valence-electron chi connectivity index (χ4n) is 0.395. The third-order valence-corrected chi connectivity index (χ3v) is 0.689. The number of hydrogen-bond acceptors (Lipinski definition) is 3. The molecule has 0 aliphatic carbocycles. The largest absolute Gasteiger partial charge is 0.361 e. The number of nitrogens with one attached hydrogen (secondary N) is 1. The van der Waals surface area contributed by atoms with Crippen LogP contribution in [0.3, 0.4) is 0 Å². The molecule has 0 unspecified atom stereocenters. The first-order chi connectivity index (χ1) is 3.79. The molecule has 0 saturated carbocycles. The Morgan fingerprint density at radius 2 is 2.50 bits per heavy atom. The maximum Gasteiger partial charge on any atom is 0.361 e. The average Bonchev–Trinajstić information content (AvgIpc) is 1.64. The summed E-state index contributed by atoms with van der Waals surface area (Å²) >= 11 is 0. The van der Waals surface area contributed by atoms with E-state index < -0.39 is 5.69 Å². The number of aryl methyl sites for hydroxylation is 1. The van der Waals surface area contributed by atoms with Crippen molar-refractivity contribution >= 4 is 0 Å². The van der Waals surface area contributed by atoms with Crippen molar-refractivity contribution < 1.29 is 0 Å². The zero-order valence-electron chi connectivity index (χ0n) is 4.38. The second-order valence-corrected chi connectivity index (χ2v) is 1.43. The van der Waals surface area contributed by atoms with E-state index in [1.54, 1.807) is 6.92 Å². The van der Waals surface area contributed by atoms with Gasteiger partial charge in [-0.25, -0.2) is 9.89 Å². The van der Waals surface area contributed by atoms with E-state index in [9.17, 15) is 4.79 Å². The molecular formula is C4H5N3O. The van der Waals surface area contributed by atoms with Crippen molar-refractivity contribution in [1.29, 1.82) is 0 Å². The van der Waals surface area contributed by atoms with Crippen LogP contribution in [-0.4, -0.2) is 15.2 Å². The summed E-state index contributed by atoms with van der Waals surface area (Å²) in [6, 6.07) is 0. The molecule has 4 nitrogen and oxygen atoms in total. The highest BCUT2D eigenvalue weighted by Crippen LogP contribution is 1.74. The van der Waals surface area contributed by atoms with E-state index in [1.807, 2.05) is 0 Å². The van der Waals surface area contributed by atoms with E-state index in [0.29, 0.717) is 5.69 Å². The molecule has 0 aliphatic heterocycles. The summed E-state index contributed by atoms with van der Waals surface area (Å²) in [5.74, 6) is 0. The van der Waals surface area contributed by atoms with E-state index in [0.717, 1.165) is 0 Å². The van der Waals surface area contributed by atoms with Crippen molar-refractivity contribution in [3.8, 4) is 0 Å². The molecule has 0 fully saturated rings. The quantitative estimate of drug-likeness (QED) is 0.489. The number of nitrogens with zero attached hydrogens (tertiary/aromatic N) is 2. The summed E-state index contributed by atoms with van der Waals surface area (Å²) in [4.78, 5) is 13.8. The lowest BCUT2D eigenvalue weighted by Crippen LogP contribution is -2.11. The third kappa shape index (κ3) is 0.900. The van der Waals surface area contributed by atoms with Crippen LogP contribution in [0.2, 0.25) is 0 Å². The predicted molar refractivity (Wildman–Crippen MR) is 27.4 cm³/mol. The molecule has 0 aromatic carbocycles. The zero-order valence-corrected chi connectivity index (χ0v) is 4.38. The minimum Gasteiger partial charge on any atom is -0.244 e. The monoisotopic (exact) mass is 111 g/mol. The summed E-state index contributed by atoms with van der Waals surface area (Å²) in [6.07, 6.45) is 1.49. The lowest BCUT2D eigenvalue weighted by molar-refractivity contribution is 0.887. The van der Waals surface area contributed by atoms with Gasteiger partial charge in [0.15, 0.2) is 0 Å². The van der Waals surface area contributed by atoms with Gasteiger partial charge in [0, 0.05) is 0 Å². The highest BCUT2D eigenvalue weighted by Gasteiger charge is 1.82. The van der Waals surface area contributed by atoms with Gasteiger partial charge in [-0.05, 0) is 6.92 Å². The normalized spacial score (nSPS) is 9.12. The fraction of sp³-hybridized carbons (Fsp3) is 0.250. The van der Waals surface area contributed by atoms with Crippen LogP contribution in [0.15, 0.2) is 11.0 Å². The molecule has 0 amide bonds. The van der Waals surface area contributed by atoms with Crippen molar-refractivity contribution in [2.24, 2.45) is 0 Å². The molecule has 1 rings (SSSR count). The topological polar surface area (TPSA) is 58.6 Å². The Morgan fingerprint density at radius 3 is 2.88 bits per heavy atom. The van der Waals surface area contributed by atoms with Crippen molar-refractivity contribution in [3.63, 3.8) is 0 Å². The minimum absolute atomic E-state index is 0.398. The van der Waals surface area contributed by atoms with Crippen LogP contribution >= 0.6 is 0 Å². The number of aromatic nitrogens is 3. The molecular weight excluding hydrogens is 106 g/mol. The Hall–Kier alpha value is -1.19. The molecule has 42 valence electrons. The number of aromatic amines is 1. The molecule has 0 spiro atoms. The second kappa shape index (κ2) is 1.73.